The average molecular weight is 373 g/mol. The predicted molar refractivity (Wildman–Crippen MR) is 110 cm³/mol. The molecule has 148 valence electrons. The Morgan fingerprint density at radius 2 is 1.89 bits per heavy atom. The van der Waals surface area contributed by atoms with Crippen molar-refractivity contribution >= 4 is 19.3 Å². The number of carbonyl (C=O) groups is 1. The molecule has 6 nitrogen and oxygen atoms in total. The number of hydrogen-bond acceptors (Lipinski definition) is 4. The number of rotatable bonds is 9. The van der Waals surface area contributed by atoms with Gasteiger partial charge in [-0.1, -0.05) is 0 Å². The Morgan fingerprint density at radius 1 is 1.26 bits per heavy atom. The second kappa shape index (κ2) is 11.0. The molecule has 0 heterocycles. The number of nitrogens with zero attached hydrogens (tertiary/aromatic N) is 2. The van der Waals surface area contributed by atoms with Crippen LogP contribution >= 0.6 is 0 Å². The van der Waals surface area contributed by atoms with Gasteiger partial charge in [0.2, 0.25) is 0 Å². The first-order valence-corrected chi connectivity index (χ1v) is 9.38. The molecule has 0 saturated carbocycles. The summed E-state index contributed by atoms with van der Waals surface area (Å²) in [7, 11) is 0.600. The minimum atomic E-state index is -0.883. The third-order valence-corrected chi connectivity index (χ3v) is 3.83. The fraction of sp³-hybridized carbons (Fsp3) is 0.600. The van der Waals surface area contributed by atoms with E-state index in [1.54, 1.807) is 4.90 Å². The zero-order valence-electron chi connectivity index (χ0n) is 17.1. The molecule has 0 spiro atoms. The molecule has 1 rings (SSSR count). The average Bonchev–Trinajstić information content (AvgIpc) is 2.56. The van der Waals surface area contributed by atoms with Crippen molar-refractivity contribution in [3.05, 3.63) is 35.9 Å². The SMILES string of the molecule is CC(C)CN(CC(O)[C@H](Cc1ccccc1)N=CB=O)C(=O)NC(C)(C)C. The van der Waals surface area contributed by atoms with Crippen LogP contribution in [-0.4, -0.2) is 60.1 Å². The number of benzene rings is 1. The van der Waals surface area contributed by atoms with Gasteiger partial charge in [-0.2, -0.15) is 0 Å². The summed E-state index contributed by atoms with van der Waals surface area (Å²) in [4.78, 5) is 18.5. The second-order valence-corrected chi connectivity index (χ2v) is 8.24. The summed E-state index contributed by atoms with van der Waals surface area (Å²) in [5.74, 6) is 0.258. The summed E-state index contributed by atoms with van der Waals surface area (Å²) in [6, 6.07) is 8.95. The van der Waals surface area contributed by atoms with Crippen LogP contribution in [0.3, 0.4) is 0 Å². The van der Waals surface area contributed by atoms with E-state index in [4.69, 9.17) is 0 Å². The topological polar surface area (TPSA) is 82.0 Å². The van der Waals surface area contributed by atoms with E-state index in [1.165, 1.54) is 6.11 Å². The molecule has 2 N–H and O–H groups in total. The van der Waals surface area contributed by atoms with Gasteiger partial charge in [0, 0.05) is 0 Å². The van der Waals surface area contributed by atoms with E-state index in [-0.39, 0.29) is 24.0 Å². The number of urea groups is 1. The van der Waals surface area contributed by atoms with Gasteiger partial charge in [-0.25, -0.2) is 0 Å². The van der Waals surface area contributed by atoms with Gasteiger partial charge in [-0.15, -0.1) is 0 Å². The molecule has 0 bridgehead atoms. The van der Waals surface area contributed by atoms with E-state index in [0.717, 1.165) is 5.56 Å². The number of aliphatic imine (C=N–C) groups is 1. The fourth-order valence-corrected chi connectivity index (χ4v) is 2.72. The zero-order valence-corrected chi connectivity index (χ0v) is 17.1. The van der Waals surface area contributed by atoms with Crippen LogP contribution in [-0.2, 0) is 11.1 Å². The van der Waals surface area contributed by atoms with Crippen LogP contribution < -0.4 is 5.32 Å². The van der Waals surface area contributed by atoms with Crippen LogP contribution in [0.15, 0.2) is 35.3 Å². The molecule has 7 heteroatoms. The molecule has 0 fully saturated rings. The summed E-state index contributed by atoms with van der Waals surface area (Å²) >= 11 is 0. The maximum absolute atomic E-state index is 12.6. The molecule has 1 aromatic rings. The molecule has 0 aliphatic carbocycles. The zero-order chi connectivity index (χ0) is 20.4. The summed E-state index contributed by atoms with van der Waals surface area (Å²) in [5, 5.41) is 13.7. The first kappa shape index (κ1) is 23.0. The molecule has 27 heavy (non-hydrogen) atoms. The monoisotopic (exact) mass is 373 g/mol. The Labute approximate surface area is 163 Å². The Kier molecular flexibility index (Phi) is 9.36. The fourth-order valence-electron chi connectivity index (χ4n) is 2.72. The van der Waals surface area contributed by atoms with E-state index in [2.05, 4.69) is 10.3 Å². The maximum atomic E-state index is 12.6. The van der Waals surface area contributed by atoms with Crippen LogP contribution in [0.1, 0.15) is 40.2 Å². The van der Waals surface area contributed by atoms with Gasteiger partial charge < -0.3 is 0 Å². The molecule has 0 aliphatic rings. The minimum absolute atomic E-state index is 0.147. The Bertz CT molecular complexity index is 615. The van der Waals surface area contributed by atoms with Gasteiger partial charge in [-0.05, 0) is 0 Å². The van der Waals surface area contributed by atoms with Crippen molar-refractivity contribution in [3.8, 4) is 0 Å². The van der Waals surface area contributed by atoms with Crippen LogP contribution in [0.5, 0.6) is 0 Å². The third kappa shape index (κ3) is 9.47. The number of hydrogen-bond donors (Lipinski definition) is 2. The number of nitrogens with one attached hydrogen (secondary N) is 1. The number of aliphatic hydroxyl groups excluding tert-OH is 1. The summed E-state index contributed by atoms with van der Waals surface area (Å²) in [6.07, 6.45) is 0.771. The van der Waals surface area contributed by atoms with Crippen LogP contribution in [0.25, 0.3) is 0 Å². The Hall–Kier alpha value is -2.02. The van der Waals surface area contributed by atoms with Crippen molar-refractivity contribution in [1.82, 2.24) is 10.2 Å². The van der Waals surface area contributed by atoms with Gasteiger partial charge in [-0.3, -0.25) is 0 Å². The standard InChI is InChI=1S/C20H32BN3O3/c1-15(2)12-24(19(26)23-20(3,4)5)13-18(25)17(22-14-21-27)11-16-9-7-6-8-10-16/h6-10,14-15,17-18,25H,11-13H2,1-5H3,(H,23,26)/t17-,18?/m0/s1. The van der Waals surface area contributed by atoms with Gasteiger partial charge >= 0.3 is 163 Å². The van der Waals surface area contributed by atoms with E-state index in [9.17, 15) is 14.6 Å². The van der Waals surface area contributed by atoms with Gasteiger partial charge in [0.15, 0.2) is 0 Å². The number of aliphatic hydroxyl groups is 1. The van der Waals surface area contributed by atoms with E-state index < -0.39 is 12.1 Å². The quantitative estimate of drug-likeness (QED) is 0.515. The molecule has 0 aliphatic heterocycles. The number of carbonyl (C=O) groups excluding carboxylic acids is 1. The van der Waals surface area contributed by atoms with Crippen molar-refractivity contribution in [2.45, 2.75) is 58.7 Å². The number of amides is 2. The van der Waals surface area contributed by atoms with E-state index in [1.807, 2.05) is 65.0 Å². The van der Waals surface area contributed by atoms with Crippen molar-refractivity contribution < 1.29 is 14.6 Å². The summed E-state index contributed by atoms with van der Waals surface area (Å²) < 4.78 is 10.7. The molecule has 0 saturated heterocycles. The molecular weight excluding hydrogens is 341 g/mol. The molecule has 1 unspecified atom stereocenters. The first-order chi connectivity index (χ1) is 12.6. The molecule has 0 radical (unpaired) electrons. The van der Waals surface area contributed by atoms with Crippen molar-refractivity contribution in [3.63, 3.8) is 0 Å². The normalized spacial score (nSPS) is 14.0. The predicted octanol–water partition coefficient (Wildman–Crippen LogP) is 2.50. The molecular formula is C20H32BN3O3. The van der Waals surface area contributed by atoms with Crippen LogP contribution in [0.2, 0.25) is 0 Å². The van der Waals surface area contributed by atoms with Crippen molar-refractivity contribution in [1.29, 1.82) is 0 Å². The molecule has 2 atom stereocenters. The van der Waals surface area contributed by atoms with Crippen LogP contribution in [0, 0.1) is 5.92 Å². The van der Waals surface area contributed by atoms with Gasteiger partial charge in [0.25, 0.3) is 0 Å². The Morgan fingerprint density at radius 3 is 2.41 bits per heavy atom. The first-order valence-electron chi connectivity index (χ1n) is 9.38. The third-order valence-electron chi connectivity index (χ3n) is 3.83. The van der Waals surface area contributed by atoms with Crippen molar-refractivity contribution in [2.24, 2.45) is 10.9 Å². The van der Waals surface area contributed by atoms with E-state index in [0.29, 0.717) is 20.1 Å². The van der Waals surface area contributed by atoms with Gasteiger partial charge in [0.05, 0.1) is 0 Å². The second-order valence-electron chi connectivity index (χ2n) is 8.24. The van der Waals surface area contributed by atoms with Crippen LogP contribution in [0.4, 0.5) is 4.79 Å². The molecule has 0 aromatic heterocycles. The molecule has 1 aromatic carbocycles. The van der Waals surface area contributed by atoms with Gasteiger partial charge in [0.1, 0.15) is 0 Å². The Balaban J connectivity index is 2.92. The molecule has 2 amide bonds. The van der Waals surface area contributed by atoms with E-state index >= 15 is 0 Å². The summed E-state index contributed by atoms with van der Waals surface area (Å²) in [6.45, 7) is 10.5. The summed E-state index contributed by atoms with van der Waals surface area (Å²) in [5.41, 5.74) is 0.648. The van der Waals surface area contributed by atoms with Crippen molar-refractivity contribution in [2.75, 3.05) is 13.1 Å².